The van der Waals surface area contributed by atoms with E-state index in [1.807, 2.05) is 0 Å². The first-order valence-electron chi connectivity index (χ1n) is 5.88. The second-order valence-electron chi connectivity index (χ2n) is 4.44. The highest BCUT2D eigenvalue weighted by atomic mass is 79.9. The second-order valence-corrected chi connectivity index (χ2v) is 5.35. The molecule has 0 aliphatic heterocycles. The van der Waals surface area contributed by atoms with Gasteiger partial charge in [-0.2, -0.15) is 0 Å². The van der Waals surface area contributed by atoms with Crippen molar-refractivity contribution in [2.75, 3.05) is 0 Å². The Morgan fingerprint density at radius 1 is 1.45 bits per heavy atom. The van der Waals surface area contributed by atoms with Gasteiger partial charge in [-0.3, -0.25) is 4.79 Å². The van der Waals surface area contributed by atoms with Gasteiger partial charge in [-0.15, -0.1) is 5.10 Å². The molecule has 0 radical (unpaired) electrons. The molecule has 1 N–H and O–H groups in total. The van der Waals surface area contributed by atoms with E-state index in [0.29, 0.717) is 4.47 Å². The summed E-state index contributed by atoms with van der Waals surface area (Å²) >= 11 is 3.26. The quantitative estimate of drug-likeness (QED) is 0.923. The molecular formula is C12H12BrFN4O2. The molecule has 20 heavy (non-hydrogen) atoms. The molecule has 0 aliphatic rings. The highest BCUT2D eigenvalue weighted by molar-refractivity contribution is 9.10. The zero-order valence-corrected chi connectivity index (χ0v) is 12.4. The van der Waals surface area contributed by atoms with Gasteiger partial charge in [-0.1, -0.05) is 15.9 Å². The van der Waals surface area contributed by atoms with E-state index in [1.54, 1.807) is 26.0 Å². The SMILES string of the molecule is CC(C(=O)O)C(C)n1nnnc1-c1cc(Br)ccc1F. The lowest BCUT2D eigenvalue weighted by molar-refractivity contribution is -0.142. The van der Waals surface area contributed by atoms with Gasteiger partial charge in [0.25, 0.3) is 0 Å². The van der Waals surface area contributed by atoms with Gasteiger partial charge in [-0.25, -0.2) is 9.07 Å². The maximum absolute atomic E-state index is 13.9. The summed E-state index contributed by atoms with van der Waals surface area (Å²) in [7, 11) is 0. The van der Waals surface area contributed by atoms with E-state index in [0.717, 1.165) is 0 Å². The van der Waals surface area contributed by atoms with Gasteiger partial charge in [-0.05, 0) is 42.5 Å². The summed E-state index contributed by atoms with van der Waals surface area (Å²) in [5.41, 5.74) is 0.216. The van der Waals surface area contributed by atoms with Crippen LogP contribution in [0.3, 0.4) is 0 Å². The van der Waals surface area contributed by atoms with Gasteiger partial charge in [0.1, 0.15) is 5.82 Å². The van der Waals surface area contributed by atoms with Crippen LogP contribution < -0.4 is 0 Å². The van der Waals surface area contributed by atoms with Crippen molar-refractivity contribution in [2.24, 2.45) is 5.92 Å². The van der Waals surface area contributed by atoms with E-state index < -0.39 is 23.7 Å². The summed E-state index contributed by atoms with van der Waals surface area (Å²) in [4.78, 5) is 11.0. The number of rotatable bonds is 4. The predicted molar refractivity (Wildman–Crippen MR) is 72.4 cm³/mol. The Hall–Kier alpha value is -1.83. The Bertz CT molecular complexity index is 646. The van der Waals surface area contributed by atoms with E-state index in [9.17, 15) is 9.18 Å². The lowest BCUT2D eigenvalue weighted by Crippen LogP contribution is -2.23. The van der Waals surface area contributed by atoms with Crippen LogP contribution in [-0.2, 0) is 4.79 Å². The minimum atomic E-state index is -0.964. The monoisotopic (exact) mass is 342 g/mol. The van der Waals surface area contributed by atoms with Crippen LogP contribution in [0, 0.1) is 11.7 Å². The molecular weight excluding hydrogens is 331 g/mol. The third-order valence-corrected chi connectivity index (χ3v) is 3.65. The summed E-state index contributed by atoms with van der Waals surface area (Å²) in [6.07, 6.45) is 0. The fourth-order valence-electron chi connectivity index (χ4n) is 1.73. The van der Waals surface area contributed by atoms with E-state index in [2.05, 4.69) is 31.5 Å². The van der Waals surface area contributed by atoms with Crippen LogP contribution in [0.4, 0.5) is 4.39 Å². The van der Waals surface area contributed by atoms with Gasteiger partial charge in [0, 0.05) is 4.47 Å². The molecule has 0 fully saturated rings. The standard InChI is InChI=1S/C12H12BrFN4O2/c1-6(12(19)20)7(2)18-11(15-16-17-18)9-5-8(13)3-4-10(9)14/h3-7H,1-2H3,(H,19,20). The van der Waals surface area contributed by atoms with E-state index >= 15 is 0 Å². The summed E-state index contributed by atoms with van der Waals surface area (Å²) in [6, 6.07) is 3.91. The van der Waals surface area contributed by atoms with Crippen LogP contribution in [0.15, 0.2) is 22.7 Å². The molecule has 6 nitrogen and oxygen atoms in total. The number of carboxylic acids is 1. The van der Waals surface area contributed by atoms with Crippen LogP contribution in [0.5, 0.6) is 0 Å². The van der Waals surface area contributed by atoms with E-state index in [1.165, 1.54) is 10.7 Å². The predicted octanol–water partition coefficient (Wildman–Crippen LogP) is 2.52. The van der Waals surface area contributed by atoms with Crippen molar-refractivity contribution in [3.05, 3.63) is 28.5 Å². The third-order valence-electron chi connectivity index (χ3n) is 3.16. The van der Waals surface area contributed by atoms with Crippen molar-refractivity contribution in [3.63, 3.8) is 0 Å². The lowest BCUT2D eigenvalue weighted by Gasteiger charge is -2.17. The van der Waals surface area contributed by atoms with E-state index in [-0.39, 0.29) is 11.4 Å². The Morgan fingerprint density at radius 2 is 2.15 bits per heavy atom. The number of carboxylic acid groups (broad SMARTS) is 1. The largest absolute Gasteiger partial charge is 0.481 e. The van der Waals surface area contributed by atoms with Gasteiger partial charge < -0.3 is 5.11 Å². The van der Waals surface area contributed by atoms with Crippen LogP contribution in [0.1, 0.15) is 19.9 Å². The lowest BCUT2D eigenvalue weighted by atomic mass is 10.0. The molecule has 8 heteroatoms. The zero-order valence-electron chi connectivity index (χ0n) is 10.8. The number of tetrazole rings is 1. The van der Waals surface area contributed by atoms with Crippen molar-refractivity contribution in [3.8, 4) is 11.4 Å². The normalized spacial score (nSPS) is 14.0. The minimum Gasteiger partial charge on any atom is -0.481 e. The van der Waals surface area contributed by atoms with Gasteiger partial charge >= 0.3 is 5.97 Å². The Labute approximate surface area is 122 Å². The number of benzene rings is 1. The maximum atomic E-state index is 13.9. The fraction of sp³-hybridized carbons (Fsp3) is 0.333. The Morgan fingerprint density at radius 3 is 2.80 bits per heavy atom. The molecule has 0 saturated heterocycles. The van der Waals surface area contributed by atoms with Crippen molar-refractivity contribution in [1.82, 2.24) is 20.2 Å². The van der Waals surface area contributed by atoms with Gasteiger partial charge in [0.05, 0.1) is 17.5 Å². The molecule has 1 aromatic carbocycles. The van der Waals surface area contributed by atoms with Crippen molar-refractivity contribution in [1.29, 1.82) is 0 Å². The number of hydrogen-bond donors (Lipinski definition) is 1. The third kappa shape index (κ3) is 2.69. The number of halogens is 2. The van der Waals surface area contributed by atoms with Crippen LogP contribution >= 0.6 is 15.9 Å². The Balaban J connectivity index is 2.48. The molecule has 1 heterocycles. The average molecular weight is 343 g/mol. The Kier molecular flexibility index (Phi) is 4.12. The smallest absolute Gasteiger partial charge is 0.308 e. The summed E-state index contributed by atoms with van der Waals surface area (Å²) in [5, 5.41) is 20.1. The molecule has 0 spiro atoms. The highest BCUT2D eigenvalue weighted by Crippen LogP contribution is 2.27. The van der Waals surface area contributed by atoms with Crippen molar-refractivity contribution >= 4 is 21.9 Å². The number of carbonyl (C=O) groups is 1. The van der Waals surface area contributed by atoms with Gasteiger partial charge in [0.2, 0.25) is 0 Å². The minimum absolute atomic E-state index is 0.199. The van der Waals surface area contributed by atoms with Crippen LogP contribution in [0.25, 0.3) is 11.4 Å². The number of aliphatic carboxylic acids is 1. The molecule has 106 valence electrons. The first-order chi connectivity index (χ1) is 9.41. The van der Waals surface area contributed by atoms with E-state index in [4.69, 9.17) is 5.11 Å². The van der Waals surface area contributed by atoms with Crippen LogP contribution in [0.2, 0.25) is 0 Å². The summed E-state index contributed by atoms with van der Waals surface area (Å²) < 4.78 is 15.9. The van der Waals surface area contributed by atoms with Gasteiger partial charge in [0.15, 0.2) is 5.82 Å². The number of nitrogens with zero attached hydrogens (tertiary/aromatic N) is 4. The molecule has 0 bridgehead atoms. The number of hydrogen-bond acceptors (Lipinski definition) is 4. The first kappa shape index (κ1) is 14.6. The van der Waals surface area contributed by atoms with Crippen molar-refractivity contribution < 1.29 is 14.3 Å². The summed E-state index contributed by atoms with van der Waals surface area (Å²) in [5.74, 6) is -1.94. The average Bonchev–Trinajstić information content (AvgIpc) is 2.88. The molecule has 0 aliphatic carbocycles. The molecule has 0 amide bonds. The fourth-order valence-corrected chi connectivity index (χ4v) is 2.09. The van der Waals surface area contributed by atoms with Crippen molar-refractivity contribution in [2.45, 2.75) is 19.9 Å². The topological polar surface area (TPSA) is 80.9 Å². The molecule has 2 aromatic rings. The number of aromatic nitrogens is 4. The second kappa shape index (κ2) is 5.66. The molecule has 1 aromatic heterocycles. The molecule has 2 unspecified atom stereocenters. The maximum Gasteiger partial charge on any atom is 0.308 e. The summed E-state index contributed by atoms with van der Waals surface area (Å²) in [6.45, 7) is 3.23. The highest BCUT2D eigenvalue weighted by Gasteiger charge is 2.26. The molecule has 0 saturated carbocycles. The molecule has 2 atom stereocenters. The zero-order chi connectivity index (χ0) is 14.9. The molecule has 2 rings (SSSR count). The first-order valence-corrected chi connectivity index (χ1v) is 6.67. The van der Waals surface area contributed by atoms with Crippen LogP contribution in [-0.4, -0.2) is 31.3 Å².